The average Bonchev–Trinajstić information content (AvgIpc) is 2.81. The van der Waals surface area contributed by atoms with Crippen LogP contribution in [0.1, 0.15) is 10.4 Å². The number of thiocarbonyl (C=S) groups is 1. The van der Waals surface area contributed by atoms with E-state index in [1.165, 1.54) is 19.4 Å². The number of aliphatic hydroxyl groups excluding tert-OH is 1. The van der Waals surface area contributed by atoms with Gasteiger partial charge in [-0.25, -0.2) is 0 Å². The Morgan fingerprint density at radius 2 is 2.03 bits per heavy atom. The van der Waals surface area contributed by atoms with Crippen molar-refractivity contribution in [3.63, 3.8) is 0 Å². The smallest absolute Gasteiger partial charge is 0.262 e. The van der Waals surface area contributed by atoms with Crippen LogP contribution in [0.5, 0.6) is 5.75 Å². The quantitative estimate of drug-likeness (QED) is 0.296. The van der Waals surface area contributed by atoms with Crippen molar-refractivity contribution in [2.24, 2.45) is 0 Å². The maximum absolute atomic E-state index is 13.3. The van der Waals surface area contributed by atoms with Crippen molar-refractivity contribution in [1.82, 2.24) is 14.9 Å². The van der Waals surface area contributed by atoms with E-state index in [4.69, 9.17) is 28.6 Å². The summed E-state index contributed by atoms with van der Waals surface area (Å²) in [5.41, 5.74) is 0.973. The number of benzene rings is 2. The summed E-state index contributed by atoms with van der Waals surface area (Å²) in [7, 11) is 1.52. The van der Waals surface area contributed by atoms with Gasteiger partial charge < -0.3 is 19.7 Å². The number of aromatic nitrogens is 2. The maximum Gasteiger partial charge on any atom is 0.262 e. The summed E-state index contributed by atoms with van der Waals surface area (Å²) in [6, 6.07) is 12.1. The summed E-state index contributed by atoms with van der Waals surface area (Å²) in [5.74, 6) is -0.149. The summed E-state index contributed by atoms with van der Waals surface area (Å²) in [6.07, 6.45) is 3.01. The summed E-state index contributed by atoms with van der Waals surface area (Å²) in [5, 5.41) is 16.2. The molecule has 0 unspecified atom stereocenters. The van der Waals surface area contributed by atoms with Gasteiger partial charge >= 0.3 is 0 Å². The van der Waals surface area contributed by atoms with Gasteiger partial charge in [0.1, 0.15) is 11.3 Å². The van der Waals surface area contributed by atoms with E-state index in [9.17, 15) is 14.7 Å². The lowest BCUT2D eigenvalue weighted by atomic mass is 10.1. The Hall–Kier alpha value is -3.53. The normalized spacial score (nSPS) is 10.9. The number of nitrogens with one attached hydrogen (secondary N) is 2. The molecule has 0 aliphatic heterocycles. The molecule has 0 saturated heterocycles. The van der Waals surface area contributed by atoms with E-state index in [-0.39, 0.29) is 34.2 Å². The zero-order chi connectivity index (χ0) is 23.5. The largest absolute Gasteiger partial charge is 0.495 e. The minimum atomic E-state index is -0.691. The number of methoxy groups -OCH3 is 1. The second kappa shape index (κ2) is 9.53. The first kappa shape index (κ1) is 22.7. The number of hydrogen-bond acceptors (Lipinski definition) is 6. The molecule has 0 aliphatic rings. The van der Waals surface area contributed by atoms with E-state index in [0.717, 1.165) is 0 Å². The standard InChI is InChI=1S/C23H19ClN4O4S/c1-32-18-7-3-2-6-17(18)26-23(33)27-22(31)15-12-28(9-10-29)20-13-5-4-8-25-19(13)16(24)11-14(20)21(15)30/h2-8,11-12,29H,9-10H2,1H3,(H2,26,27,31,33). The van der Waals surface area contributed by atoms with Gasteiger partial charge in [0.15, 0.2) is 5.11 Å². The molecule has 0 saturated carbocycles. The number of amides is 1. The summed E-state index contributed by atoms with van der Waals surface area (Å²) >= 11 is 11.6. The molecule has 10 heteroatoms. The third kappa shape index (κ3) is 4.38. The molecule has 0 spiro atoms. The van der Waals surface area contributed by atoms with E-state index < -0.39 is 11.3 Å². The Kier molecular flexibility index (Phi) is 6.55. The van der Waals surface area contributed by atoms with Gasteiger partial charge in [-0.2, -0.15) is 0 Å². The molecule has 2 aromatic heterocycles. The predicted molar refractivity (Wildman–Crippen MR) is 132 cm³/mol. The van der Waals surface area contributed by atoms with E-state index in [1.54, 1.807) is 47.2 Å². The highest BCUT2D eigenvalue weighted by molar-refractivity contribution is 7.80. The Bertz CT molecular complexity index is 1450. The van der Waals surface area contributed by atoms with Crippen molar-refractivity contribution in [1.29, 1.82) is 0 Å². The van der Waals surface area contributed by atoms with Crippen LogP contribution in [0.4, 0.5) is 5.69 Å². The Morgan fingerprint density at radius 1 is 1.24 bits per heavy atom. The molecular weight excluding hydrogens is 464 g/mol. The molecule has 2 heterocycles. The zero-order valence-corrected chi connectivity index (χ0v) is 19.0. The van der Waals surface area contributed by atoms with Gasteiger partial charge in [0.25, 0.3) is 5.91 Å². The first-order chi connectivity index (χ1) is 15.9. The summed E-state index contributed by atoms with van der Waals surface area (Å²) in [4.78, 5) is 30.5. The third-order valence-electron chi connectivity index (χ3n) is 5.04. The number of carbonyl (C=O) groups excluding carboxylic acids is 1. The van der Waals surface area contributed by atoms with Gasteiger partial charge in [-0.05, 0) is 42.5 Å². The van der Waals surface area contributed by atoms with Crippen molar-refractivity contribution < 1.29 is 14.6 Å². The molecule has 0 atom stereocenters. The fourth-order valence-corrected chi connectivity index (χ4v) is 4.08. The van der Waals surface area contributed by atoms with Crippen molar-refractivity contribution in [3.05, 3.63) is 75.7 Å². The number of anilines is 1. The molecule has 8 nitrogen and oxygen atoms in total. The number of halogens is 1. The second-order valence-electron chi connectivity index (χ2n) is 7.05. The van der Waals surface area contributed by atoms with Gasteiger partial charge in [0, 0.05) is 29.7 Å². The minimum Gasteiger partial charge on any atom is -0.495 e. The highest BCUT2D eigenvalue weighted by Crippen LogP contribution is 2.29. The zero-order valence-electron chi connectivity index (χ0n) is 17.5. The number of nitrogens with zero attached hydrogens (tertiary/aromatic N) is 2. The fraction of sp³-hybridized carbons (Fsp3) is 0.130. The van der Waals surface area contributed by atoms with Crippen LogP contribution in [0.15, 0.2) is 59.7 Å². The van der Waals surface area contributed by atoms with E-state index in [1.807, 2.05) is 0 Å². The highest BCUT2D eigenvalue weighted by atomic mass is 35.5. The first-order valence-electron chi connectivity index (χ1n) is 9.91. The second-order valence-corrected chi connectivity index (χ2v) is 7.87. The topological polar surface area (TPSA) is 105 Å². The van der Waals surface area contributed by atoms with E-state index in [2.05, 4.69) is 15.6 Å². The summed E-state index contributed by atoms with van der Waals surface area (Å²) in [6.45, 7) is -0.0379. The average molecular weight is 483 g/mol. The van der Waals surface area contributed by atoms with Crippen LogP contribution in [0.25, 0.3) is 21.8 Å². The predicted octanol–water partition coefficient (Wildman–Crippen LogP) is 3.33. The summed E-state index contributed by atoms with van der Waals surface area (Å²) < 4.78 is 6.90. The van der Waals surface area contributed by atoms with Crippen molar-refractivity contribution >= 4 is 62.3 Å². The van der Waals surface area contributed by atoms with Crippen molar-refractivity contribution in [3.8, 4) is 5.75 Å². The van der Waals surface area contributed by atoms with Gasteiger partial charge in [0.05, 0.1) is 35.5 Å². The molecule has 4 rings (SSSR count). The minimum absolute atomic E-state index is 0.00144. The van der Waals surface area contributed by atoms with Gasteiger partial charge in [-0.3, -0.25) is 19.9 Å². The number of carbonyl (C=O) groups is 1. The maximum atomic E-state index is 13.3. The number of para-hydroxylation sites is 2. The van der Waals surface area contributed by atoms with Crippen LogP contribution < -0.4 is 20.8 Å². The molecule has 1 amide bonds. The van der Waals surface area contributed by atoms with Gasteiger partial charge in [-0.1, -0.05) is 23.7 Å². The SMILES string of the molecule is COc1ccccc1NC(=S)NC(=O)c1cn(CCO)c2c(cc(Cl)c3ncccc32)c1=O. The molecule has 0 bridgehead atoms. The van der Waals surface area contributed by atoms with Crippen molar-refractivity contribution in [2.45, 2.75) is 6.54 Å². The lowest BCUT2D eigenvalue weighted by Crippen LogP contribution is -2.37. The molecule has 4 aromatic rings. The Morgan fingerprint density at radius 3 is 2.79 bits per heavy atom. The lowest BCUT2D eigenvalue weighted by Gasteiger charge is -2.16. The van der Waals surface area contributed by atoms with Crippen molar-refractivity contribution in [2.75, 3.05) is 19.0 Å². The van der Waals surface area contributed by atoms with Crippen LogP contribution in [0.2, 0.25) is 5.02 Å². The monoisotopic (exact) mass is 482 g/mol. The Balaban J connectivity index is 1.75. The number of hydrogen-bond donors (Lipinski definition) is 3. The van der Waals surface area contributed by atoms with Crippen LogP contribution in [-0.2, 0) is 6.54 Å². The highest BCUT2D eigenvalue weighted by Gasteiger charge is 2.20. The first-order valence-corrected chi connectivity index (χ1v) is 10.7. The molecular formula is C23H19ClN4O4S. The fourth-order valence-electron chi connectivity index (χ4n) is 3.62. The molecule has 0 fully saturated rings. The van der Waals surface area contributed by atoms with E-state index in [0.29, 0.717) is 27.9 Å². The number of ether oxygens (including phenoxy) is 1. The van der Waals surface area contributed by atoms with Crippen LogP contribution in [-0.4, -0.2) is 39.4 Å². The van der Waals surface area contributed by atoms with Crippen LogP contribution in [0, 0.1) is 0 Å². The molecule has 168 valence electrons. The van der Waals surface area contributed by atoms with Gasteiger partial charge in [-0.15, -0.1) is 0 Å². The van der Waals surface area contributed by atoms with E-state index >= 15 is 0 Å². The number of pyridine rings is 2. The lowest BCUT2D eigenvalue weighted by molar-refractivity contribution is 0.0976. The van der Waals surface area contributed by atoms with Crippen LogP contribution >= 0.6 is 23.8 Å². The van der Waals surface area contributed by atoms with Crippen LogP contribution in [0.3, 0.4) is 0 Å². The third-order valence-corrected chi connectivity index (χ3v) is 5.54. The van der Waals surface area contributed by atoms with Gasteiger partial charge in [0.2, 0.25) is 5.43 Å². The number of rotatable bonds is 5. The molecule has 2 aromatic carbocycles. The molecule has 33 heavy (non-hydrogen) atoms. The molecule has 3 N–H and O–H groups in total. The number of aliphatic hydroxyl groups is 1. The Labute approximate surface area is 198 Å². The molecule has 0 radical (unpaired) electrons. The number of fused-ring (bicyclic) bond motifs is 3. The molecule has 0 aliphatic carbocycles.